The van der Waals surface area contributed by atoms with Crippen LogP contribution in [0.4, 0.5) is 0 Å². The fraction of sp³-hybridized carbons (Fsp3) is 0.417. The number of nitrogens with one attached hydrogen (secondary N) is 1. The summed E-state index contributed by atoms with van der Waals surface area (Å²) in [5, 5.41) is 3.03. The number of para-hydroxylation sites is 2. The van der Waals surface area contributed by atoms with Crippen molar-refractivity contribution >= 4 is 27.0 Å². The molecule has 0 spiro atoms. The van der Waals surface area contributed by atoms with Gasteiger partial charge in [-0.3, -0.25) is 14.3 Å². The van der Waals surface area contributed by atoms with E-state index in [0.29, 0.717) is 17.5 Å². The lowest BCUT2D eigenvalue weighted by molar-refractivity contribution is -0.122. The van der Waals surface area contributed by atoms with Gasteiger partial charge in [-0.25, -0.2) is 13.2 Å². The highest BCUT2D eigenvalue weighted by atomic mass is 32.2. The Balaban J connectivity index is 1.43. The van der Waals surface area contributed by atoms with E-state index in [2.05, 4.69) is 22.3 Å². The molecule has 1 N–H and O–H groups in total. The second kappa shape index (κ2) is 9.93. The van der Waals surface area contributed by atoms with Crippen molar-refractivity contribution in [1.82, 2.24) is 18.8 Å². The second-order valence-electron chi connectivity index (χ2n) is 8.54. The van der Waals surface area contributed by atoms with E-state index in [1.807, 2.05) is 18.2 Å². The number of benzene rings is 2. The molecule has 8 nitrogen and oxygen atoms in total. The van der Waals surface area contributed by atoms with E-state index in [1.165, 1.54) is 10.1 Å². The summed E-state index contributed by atoms with van der Waals surface area (Å²) in [7, 11) is -3.80. The van der Waals surface area contributed by atoms with Crippen LogP contribution in [0.2, 0.25) is 0 Å². The Labute approximate surface area is 193 Å². The summed E-state index contributed by atoms with van der Waals surface area (Å²) in [4.78, 5) is 28.2. The highest BCUT2D eigenvalue weighted by Crippen LogP contribution is 2.17. The van der Waals surface area contributed by atoms with Crippen molar-refractivity contribution in [2.75, 3.05) is 18.8 Å². The Morgan fingerprint density at radius 2 is 1.64 bits per heavy atom. The molecule has 2 aromatic carbocycles. The predicted molar refractivity (Wildman–Crippen MR) is 129 cm³/mol. The number of likely N-dealkylation sites (tertiary alicyclic amines) is 1. The van der Waals surface area contributed by atoms with Crippen LogP contribution in [-0.2, 0) is 27.9 Å². The lowest BCUT2D eigenvalue weighted by Gasteiger charge is -2.32. The molecule has 2 heterocycles. The minimum absolute atomic E-state index is 0.0393. The molecule has 0 bridgehead atoms. The monoisotopic (exact) mass is 470 g/mol. The second-order valence-corrected chi connectivity index (χ2v) is 10.5. The molecule has 0 atom stereocenters. The number of carbonyl (C=O) groups excluding carboxylic acids is 1. The molecular formula is C24H30N4O4S. The number of fused-ring (bicyclic) bond motifs is 1. The molecule has 1 amide bonds. The third-order valence-electron chi connectivity index (χ3n) is 6.04. The van der Waals surface area contributed by atoms with Crippen LogP contribution in [0.3, 0.4) is 0 Å². The Hall–Kier alpha value is -2.91. The molecule has 4 rings (SSSR count). The highest BCUT2D eigenvalue weighted by Gasteiger charge is 2.25. The number of imidazole rings is 1. The molecule has 0 unspecified atom stereocenters. The number of aromatic nitrogens is 2. The van der Waals surface area contributed by atoms with Crippen molar-refractivity contribution in [3.05, 3.63) is 70.6 Å². The average Bonchev–Trinajstić information content (AvgIpc) is 3.08. The standard InChI is InChI=1S/C24H30N4O4S/c1-2-16-33(31,32)28-22-11-7-6-10-21(22)27(24(28)30)18-23(29)25-20-12-14-26(15-13-20)17-19-8-4-3-5-9-19/h3-11,20H,2,12-18H2,1H3,(H,25,29). The van der Waals surface area contributed by atoms with Crippen molar-refractivity contribution in [2.45, 2.75) is 45.3 Å². The van der Waals surface area contributed by atoms with Gasteiger partial charge in [0.25, 0.3) is 0 Å². The van der Waals surface area contributed by atoms with E-state index >= 15 is 0 Å². The zero-order valence-corrected chi connectivity index (χ0v) is 19.6. The third-order valence-corrected chi connectivity index (χ3v) is 7.87. The van der Waals surface area contributed by atoms with Crippen molar-refractivity contribution in [2.24, 2.45) is 0 Å². The first-order valence-electron chi connectivity index (χ1n) is 11.4. The maximum atomic E-state index is 13.0. The first-order valence-corrected chi connectivity index (χ1v) is 13.0. The van der Waals surface area contributed by atoms with Gasteiger partial charge in [-0.1, -0.05) is 49.4 Å². The number of hydrogen-bond acceptors (Lipinski definition) is 5. The van der Waals surface area contributed by atoms with Crippen LogP contribution < -0.4 is 11.0 Å². The van der Waals surface area contributed by atoms with Crippen molar-refractivity contribution < 1.29 is 13.2 Å². The van der Waals surface area contributed by atoms with Gasteiger partial charge in [-0.05, 0) is 37.0 Å². The molecule has 176 valence electrons. The first-order chi connectivity index (χ1) is 15.9. The molecule has 1 aliphatic rings. The summed E-state index contributed by atoms with van der Waals surface area (Å²) < 4.78 is 27.5. The van der Waals surface area contributed by atoms with Gasteiger partial charge in [0.2, 0.25) is 15.9 Å². The number of nitrogens with zero attached hydrogens (tertiary/aromatic N) is 3. The number of amides is 1. The molecule has 1 aromatic heterocycles. The van der Waals surface area contributed by atoms with Crippen LogP contribution in [0, 0.1) is 0 Å². The summed E-state index contributed by atoms with van der Waals surface area (Å²) in [6.07, 6.45) is 2.07. The van der Waals surface area contributed by atoms with Crippen molar-refractivity contribution in [1.29, 1.82) is 0 Å². The van der Waals surface area contributed by atoms with Gasteiger partial charge in [0.1, 0.15) is 6.54 Å². The smallest absolute Gasteiger partial charge is 0.343 e. The molecule has 3 aromatic rings. The lowest BCUT2D eigenvalue weighted by atomic mass is 10.0. The fourth-order valence-corrected chi connectivity index (χ4v) is 5.93. The minimum atomic E-state index is -3.80. The van der Waals surface area contributed by atoms with Crippen molar-refractivity contribution in [3.63, 3.8) is 0 Å². The molecule has 1 saturated heterocycles. The van der Waals surface area contributed by atoms with Gasteiger partial charge in [-0.15, -0.1) is 0 Å². The van der Waals surface area contributed by atoms with Crippen LogP contribution in [-0.4, -0.2) is 52.6 Å². The van der Waals surface area contributed by atoms with E-state index in [4.69, 9.17) is 0 Å². The first kappa shape index (κ1) is 23.3. The molecule has 9 heteroatoms. The van der Waals surface area contributed by atoms with E-state index < -0.39 is 15.7 Å². The maximum Gasteiger partial charge on any atom is 0.343 e. The van der Waals surface area contributed by atoms with E-state index in [9.17, 15) is 18.0 Å². The Kier molecular flexibility index (Phi) is 6.99. The largest absolute Gasteiger partial charge is 0.352 e. The Morgan fingerprint density at radius 1 is 1.00 bits per heavy atom. The van der Waals surface area contributed by atoms with Crippen molar-refractivity contribution in [3.8, 4) is 0 Å². The topological polar surface area (TPSA) is 93.4 Å². The quantitative estimate of drug-likeness (QED) is 0.545. The molecule has 0 radical (unpaired) electrons. The summed E-state index contributed by atoms with van der Waals surface area (Å²) >= 11 is 0. The van der Waals surface area contributed by atoms with Gasteiger partial charge >= 0.3 is 5.69 Å². The molecule has 33 heavy (non-hydrogen) atoms. The number of rotatable bonds is 8. The van der Waals surface area contributed by atoms with Gasteiger partial charge in [0.05, 0.1) is 16.8 Å². The molecule has 1 aliphatic heterocycles. The van der Waals surface area contributed by atoms with Crippen LogP contribution in [0.1, 0.15) is 31.7 Å². The Bertz CT molecular complexity index is 1270. The zero-order valence-electron chi connectivity index (χ0n) is 18.8. The summed E-state index contributed by atoms with van der Waals surface area (Å²) in [5.41, 5.74) is 1.32. The highest BCUT2D eigenvalue weighted by molar-refractivity contribution is 7.90. The number of piperidine rings is 1. The van der Waals surface area contributed by atoms with E-state index in [0.717, 1.165) is 36.4 Å². The zero-order chi connectivity index (χ0) is 23.4. The van der Waals surface area contributed by atoms with E-state index in [-0.39, 0.29) is 24.2 Å². The predicted octanol–water partition coefficient (Wildman–Crippen LogP) is 2.17. The summed E-state index contributed by atoms with van der Waals surface area (Å²) in [6, 6.07) is 17.0. The number of carbonyl (C=O) groups is 1. The molecular weight excluding hydrogens is 440 g/mol. The van der Waals surface area contributed by atoms with Crippen LogP contribution >= 0.6 is 0 Å². The summed E-state index contributed by atoms with van der Waals surface area (Å²) in [6.45, 7) is 4.20. The normalized spacial score (nSPS) is 15.7. The minimum Gasteiger partial charge on any atom is -0.352 e. The van der Waals surface area contributed by atoms with E-state index in [1.54, 1.807) is 31.2 Å². The van der Waals surface area contributed by atoms with Gasteiger partial charge in [-0.2, -0.15) is 3.97 Å². The lowest BCUT2D eigenvalue weighted by Crippen LogP contribution is -2.46. The SMILES string of the molecule is CCCS(=O)(=O)n1c(=O)n(CC(=O)NC2CCN(Cc3ccccc3)CC2)c2ccccc21. The van der Waals surface area contributed by atoms with Gasteiger partial charge in [0.15, 0.2) is 0 Å². The van der Waals surface area contributed by atoms with Crippen LogP contribution in [0.5, 0.6) is 0 Å². The summed E-state index contributed by atoms with van der Waals surface area (Å²) in [5.74, 6) is -0.413. The number of hydrogen-bond donors (Lipinski definition) is 1. The van der Waals surface area contributed by atoms with Gasteiger partial charge in [0, 0.05) is 25.7 Å². The average molecular weight is 471 g/mol. The Morgan fingerprint density at radius 3 is 2.30 bits per heavy atom. The molecule has 1 fully saturated rings. The maximum absolute atomic E-state index is 13.0. The third kappa shape index (κ3) is 5.20. The molecule has 0 aliphatic carbocycles. The van der Waals surface area contributed by atoms with Crippen LogP contribution in [0.25, 0.3) is 11.0 Å². The van der Waals surface area contributed by atoms with Crippen LogP contribution in [0.15, 0.2) is 59.4 Å². The molecule has 0 saturated carbocycles. The van der Waals surface area contributed by atoms with Gasteiger partial charge < -0.3 is 5.32 Å². The fourth-order valence-electron chi connectivity index (χ4n) is 4.44.